The van der Waals surface area contributed by atoms with Crippen LogP contribution in [0.15, 0.2) is 36.0 Å². The first kappa shape index (κ1) is 17.5. The standard InChI is InChI=1S/C15H18IN3O2/c1-2-21-9-3-8-18-15(20)12(10-17)11-19-14-6-4-13(16)5-7-14/h4-7,11,19H,2-3,8-9H2,1H3,(H,18,20)/b12-11-. The highest BCUT2D eigenvalue weighted by Gasteiger charge is 2.07. The molecule has 1 aromatic carbocycles. The number of ether oxygens (including phenoxy) is 1. The fraction of sp³-hybridized carbons (Fsp3) is 0.333. The monoisotopic (exact) mass is 399 g/mol. The molecule has 5 nitrogen and oxygen atoms in total. The van der Waals surface area contributed by atoms with Crippen LogP contribution >= 0.6 is 22.6 Å². The van der Waals surface area contributed by atoms with Crippen LogP contribution in [0.4, 0.5) is 5.69 Å². The molecule has 1 rings (SSSR count). The molecule has 21 heavy (non-hydrogen) atoms. The van der Waals surface area contributed by atoms with Crippen molar-refractivity contribution in [1.82, 2.24) is 5.32 Å². The second kappa shape index (κ2) is 10.2. The molecular weight excluding hydrogens is 381 g/mol. The summed E-state index contributed by atoms with van der Waals surface area (Å²) in [6.07, 6.45) is 2.14. The van der Waals surface area contributed by atoms with Gasteiger partial charge in [0, 0.05) is 35.2 Å². The summed E-state index contributed by atoms with van der Waals surface area (Å²) in [6, 6.07) is 9.54. The van der Waals surface area contributed by atoms with E-state index < -0.39 is 0 Å². The van der Waals surface area contributed by atoms with E-state index in [0.717, 1.165) is 15.7 Å². The molecule has 0 fully saturated rings. The zero-order chi connectivity index (χ0) is 15.5. The topological polar surface area (TPSA) is 74.1 Å². The van der Waals surface area contributed by atoms with Gasteiger partial charge in [0.2, 0.25) is 0 Å². The van der Waals surface area contributed by atoms with Crippen LogP contribution in [0, 0.1) is 14.9 Å². The number of nitrogens with zero attached hydrogens (tertiary/aromatic N) is 1. The SMILES string of the molecule is CCOCCCNC(=O)/C(C#N)=C\Nc1ccc(I)cc1. The van der Waals surface area contributed by atoms with Gasteiger partial charge in [-0.3, -0.25) is 4.79 Å². The summed E-state index contributed by atoms with van der Waals surface area (Å²) in [4.78, 5) is 11.8. The van der Waals surface area contributed by atoms with Gasteiger partial charge in [0.1, 0.15) is 11.6 Å². The minimum atomic E-state index is -0.382. The second-order valence-electron chi connectivity index (χ2n) is 4.13. The van der Waals surface area contributed by atoms with Crippen molar-refractivity contribution in [3.8, 4) is 6.07 Å². The first-order valence-electron chi connectivity index (χ1n) is 6.65. The Labute approximate surface area is 138 Å². The van der Waals surface area contributed by atoms with E-state index in [1.54, 1.807) is 0 Å². The van der Waals surface area contributed by atoms with Gasteiger partial charge in [0.25, 0.3) is 5.91 Å². The lowest BCUT2D eigenvalue weighted by atomic mass is 10.2. The molecule has 1 aromatic rings. The molecule has 0 aliphatic heterocycles. The molecule has 0 aliphatic rings. The molecular formula is C15H18IN3O2. The van der Waals surface area contributed by atoms with Gasteiger partial charge in [0.05, 0.1) is 0 Å². The fourth-order valence-corrected chi connectivity index (χ4v) is 1.83. The number of anilines is 1. The Hall–Kier alpha value is -1.59. The molecule has 1 amide bonds. The molecule has 0 spiro atoms. The smallest absolute Gasteiger partial charge is 0.263 e. The minimum Gasteiger partial charge on any atom is -0.382 e. The largest absolute Gasteiger partial charge is 0.382 e. The van der Waals surface area contributed by atoms with E-state index in [1.165, 1.54) is 6.20 Å². The highest BCUT2D eigenvalue weighted by atomic mass is 127. The van der Waals surface area contributed by atoms with Gasteiger partial charge in [-0.1, -0.05) is 0 Å². The zero-order valence-electron chi connectivity index (χ0n) is 11.9. The van der Waals surface area contributed by atoms with Gasteiger partial charge < -0.3 is 15.4 Å². The van der Waals surface area contributed by atoms with Gasteiger partial charge in [-0.15, -0.1) is 0 Å². The third-order valence-electron chi connectivity index (χ3n) is 2.55. The predicted octanol–water partition coefficient (Wildman–Crippen LogP) is 2.65. The van der Waals surface area contributed by atoms with E-state index in [-0.39, 0.29) is 11.5 Å². The van der Waals surface area contributed by atoms with Crippen molar-refractivity contribution in [3.05, 3.63) is 39.6 Å². The molecule has 0 aliphatic carbocycles. The van der Waals surface area contributed by atoms with Crippen molar-refractivity contribution in [2.75, 3.05) is 25.1 Å². The summed E-state index contributed by atoms with van der Waals surface area (Å²) in [5.41, 5.74) is 0.872. The van der Waals surface area contributed by atoms with Crippen LogP contribution in [0.5, 0.6) is 0 Å². The van der Waals surface area contributed by atoms with Crippen molar-refractivity contribution in [3.63, 3.8) is 0 Å². The van der Waals surface area contributed by atoms with Crippen LogP contribution in [0.25, 0.3) is 0 Å². The minimum absolute atomic E-state index is 0.0463. The van der Waals surface area contributed by atoms with Crippen molar-refractivity contribution in [2.24, 2.45) is 0 Å². The number of rotatable bonds is 8. The average Bonchev–Trinajstić information content (AvgIpc) is 2.49. The number of nitrogens with one attached hydrogen (secondary N) is 2. The van der Waals surface area contributed by atoms with Crippen LogP contribution in [0.3, 0.4) is 0 Å². The third kappa shape index (κ3) is 7.11. The quantitative estimate of drug-likeness (QED) is 0.305. The summed E-state index contributed by atoms with van der Waals surface area (Å²) >= 11 is 2.21. The number of carbonyl (C=O) groups is 1. The average molecular weight is 399 g/mol. The molecule has 0 bridgehead atoms. The molecule has 0 saturated heterocycles. The maximum atomic E-state index is 11.8. The highest BCUT2D eigenvalue weighted by Crippen LogP contribution is 2.11. The normalized spacial score (nSPS) is 10.8. The summed E-state index contributed by atoms with van der Waals surface area (Å²) in [5.74, 6) is -0.382. The van der Waals surface area contributed by atoms with E-state index in [4.69, 9.17) is 10.00 Å². The lowest BCUT2D eigenvalue weighted by Gasteiger charge is -2.05. The van der Waals surface area contributed by atoms with Gasteiger partial charge in [-0.05, 0) is 60.2 Å². The summed E-state index contributed by atoms with van der Waals surface area (Å²) in [6.45, 7) is 3.67. The number of hydrogen-bond acceptors (Lipinski definition) is 4. The Morgan fingerprint density at radius 2 is 2.14 bits per heavy atom. The Bertz CT molecular complexity index is 521. The molecule has 0 heterocycles. The van der Waals surface area contributed by atoms with Crippen LogP contribution in [0.2, 0.25) is 0 Å². The van der Waals surface area contributed by atoms with Gasteiger partial charge >= 0.3 is 0 Å². The number of benzene rings is 1. The van der Waals surface area contributed by atoms with Crippen molar-refractivity contribution in [2.45, 2.75) is 13.3 Å². The number of halogens is 1. The van der Waals surface area contributed by atoms with Gasteiger partial charge in [-0.2, -0.15) is 5.26 Å². The molecule has 2 N–H and O–H groups in total. The Kier molecular flexibility index (Phi) is 8.47. The maximum absolute atomic E-state index is 11.8. The highest BCUT2D eigenvalue weighted by molar-refractivity contribution is 14.1. The van der Waals surface area contributed by atoms with Crippen molar-refractivity contribution >= 4 is 34.2 Å². The Morgan fingerprint density at radius 3 is 2.76 bits per heavy atom. The van der Waals surface area contributed by atoms with E-state index >= 15 is 0 Å². The lowest BCUT2D eigenvalue weighted by Crippen LogP contribution is -2.26. The number of carbonyl (C=O) groups excluding carboxylic acids is 1. The summed E-state index contributed by atoms with van der Waals surface area (Å²) < 4.78 is 6.29. The molecule has 0 atom stereocenters. The zero-order valence-corrected chi connectivity index (χ0v) is 14.0. The van der Waals surface area contributed by atoms with E-state index in [9.17, 15) is 4.79 Å². The lowest BCUT2D eigenvalue weighted by molar-refractivity contribution is -0.117. The second-order valence-corrected chi connectivity index (χ2v) is 5.37. The van der Waals surface area contributed by atoms with Gasteiger partial charge in [-0.25, -0.2) is 0 Å². The molecule has 0 radical (unpaired) electrons. The van der Waals surface area contributed by atoms with E-state index in [1.807, 2.05) is 37.3 Å². The Balaban J connectivity index is 2.45. The molecule has 0 saturated carbocycles. The van der Waals surface area contributed by atoms with Crippen molar-refractivity contribution in [1.29, 1.82) is 5.26 Å². The first-order valence-corrected chi connectivity index (χ1v) is 7.73. The van der Waals surface area contributed by atoms with Crippen LogP contribution in [-0.2, 0) is 9.53 Å². The number of hydrogen-bond donors (Lipinski definition) is 2. The molecule has 112 valence electrons. The number of amides is 1. The molecule has 0 aromatic heterocycles. The Morgan fingerprint density at radius 1 is 1.43 bits per heavy atom. The fourth-order valence-electron chi connectivity index (χ4n) is 1.47. The van der Waals surface area contributed by atoms with Crippen LogP contribution < -0.4 is 10.6 Å². The predicted molar refractivity (Wildman–Crippen MR) is 90.6 cm³/mol. The van der Waals surface area contributed by atoms with Gasteiger partial charge in [0.15, 0.2) is 0 Å². The molecule has 6 heteroatoms. The van der Waals surface area contributed by atoms with E-state index in [0.29, 0.717) is 19.8 Å². The number of nitriles is 1. The summed E-state index contributed by atoms with van der Waals surface area (Å²) in [7, 11) is 0. The van der Waals surface area contributed by atoms with Crippen LogP contribution in [0.1, 0.15) is 13.3 Å². The molecule has 0 unspecified atom stereocenters. The summed E-state index contributed by atoms with van der Waals surface area (Å²) in [5, 5.41) is 14.6. The van der Waals surface area contributed by atoms with Crippen molar-refractivity contribution < 1.29 is 9.53 Å². The van der Waals surface area contributed by atoms with E-state index in [2.05, 4.69) is 33.2 Å². The first-order chi connectivity index (χ1) is 10.2. The van der Waals surface area contributed by atoms with Crippen LogP contribution in [-0.4, -0.2) is 25.7 Å². The third-order valence-corrected chi connectivity index (χ3v) is 3.27. The maximum Gasteiger partial charge on any atom is 0.263 e.